The summed E-state index contributed by atoms with van der Waals surface area (Å²) < 4.78 is 0. The molecule has 0 bridgehead atoms. The summed E-state index contributed by atoms with van der Waals surface area (Å²) in [6.45, 7) is 0. The molecule has 2 fully saturated rings. The van der Waals surface area contributed by atoms with Crippen LogP contribution in [-0.2, 0) is 9.59 Å². The van der Waals surface area contributed by atoms with Gasteiger partial charge in [0, 0.05) is 5.75 Å². The summed E-state index contributed by atoms with van der Waals surface area (Å²) >= 11 is 1.67. The first-order chi connectivity index (χ1) is 7.09. The van der Waals surface area contributed by atoms with E-state index in [1.54, 1.807) is 16.7 Å². The molecule has 2 heterocycles. The molecular formula is C9H14N2O3S. The monoisotopic (exact) mass is 230 g/mol. The number of carboxylic acids is 1. The lowest BCUT2D eigenvalue weighted by atomic mass is 10.0. The van der Waals surface area contributed by atoms with Gasteiger partial charge in [-0.05, 0) is 12.8 Å². The first-order valence-electron chi connectivity index (χ1n) is 5.00. The van der Waals surface area contributed by atoms with Crippen LogP contribution in [0.2, 0.25) is 0 Å². The van der Waals surface area contributed by atoms with Crippen molar-refractivity contribution >= 4 is 23.6 Å². The van der Waals surface area contributed by atoms with E-state index < -0.39 is 12.0 Å². The van der Waals surface area contributed by atoms with Crippen LogP contribution >= 0.6 is 11.8 Å². The third kappa shape index (κ3) is 1.96. The smallest absolute Gasteiger partial charge is 0.305 e. The summed E-state index contributed by atoms with van der Waals surface area (Å²) in [7, 11) is 0. The van der Waals surface area contributed by atoms with Crippen LogP contribution < -0.4 is 5.73 Å². The molecule has 15 heavy (non-hydrogen) atoms. The Morgan fingerprint density at radius 1 is 1.60 bits per heavy atom. The topological polar surface area (TPSA) is 83.6 Å². The van der Waals surface area contributed by atoms with Gasteiger partial charge in [-0.3, -0.25) is 9.59 Å². The molecule has 0 saturated carbocycles. The summed E-state index contributed by atoms with van der Waals surface area (Å²) in [6, 6.07) is -0.604. The fraction of sp³-hybridized carbons (Fsp3) is 0.778. The number of hydrogen-bond acceptors (Lipinski definition) is 4. The maximum atomic E-state index is 11.8. The quantitative estimate of drug-likeness (QED) is 0.689. The molecule has 2 rings (SSSR count). The number of fused-ring (bicyclic) bond motifs is 1. The predicted molar refractivity (Wildman–Crippen MR) is 56.3 cm³/mol. The Morgan fingerprint density at radius 3 is 3.00 bits per heavy atom. The molecule has 5 nitrogen and oxygen atoms in total. The van der Waals surface area contributed by atoms with Crippen molar-refractivity contribution in [1.29, 1.82) is 0 Å². The van der Waals surface area contributed by atoms with Gasteiger partial charge in [0.05, 0.1) is 23.9 Å². The van der Waals surface area contributed by atoms with Crippen molar-refractivity contribution in [3.63, 3.8) is 0 Å². The van der Waals surface area contributed by atoms with Crippen LogP contribution in [-0.4, -0.2) is 45.1 Å². The molecule has 0 aromatic heterocycles. The van der Waals surface area contributed by atoms with Crippen molar-refractivity contribution in [1.82, 2.24) is 4.90 Å². The standard InChI is InChI=1S/C9H14N2O3S/c10-6-1-2-7-11(9(6)14)5(4-15-7)3-8(12)13/h5-7H,1-4,10H2,(H,12,13). The van der Waals surface area contributed by atoms with Crippen LogP contribution in [0.4, 0.5) is 0 Å². The van der Waals surface area contributed by atoms with E-state index in [1.807, 2.05) is 0 Å². The van der Waals surface area contributed by atoms with Crippen LogP contribution in [0, 0.1) is 0 Å². The third-order valence-electron chi connectivity index (χ3n) is 2.89. The van der Waals surface area contributed by atoms with Crippen LogP contribution in [0.15, 0.2) is 0 Å². The van der Waals surface area contributed by atoms with Gasteiger partial charge in [-0.2, -0.15) is 0 Å². The highest BCUT2D eigenvalue weighted by atomic mass is 32.2. The molecule has 3 N–H and O–H groups in total. The van der Waals surface area contributed by atoms with Crippen LogP contribution in [0.1, 0.15) is 19.3 Å². The summed E-state index contributed by atoms with van der Waals surface area (Å²) in [5, 5.41) is 8.89. The first kappa shape index (κ1) is 10.8. The molecule has 0 aromatic rings. The molecule has 0 aromatic carbocycles. The maximum Gasteiger partial charge on any atom is 0.305 e. The molecule has 3 atom stereocenters. The van der Waals surface area contributed by atoms with Crippen molar-refractivity contribution in [2.45, 2.75) is 36.7 Å². The molecular weight excluding hydrogens is 216 g/mol. The number of aliphatic carboxylic acids is 1. The highest BCUT2D eigenvalue weighted by Gasteiger charge is 2.43. The number of thioether (sulfide) groups is 1. The van der Waals surface area contributed by atoms with Gasteiger partial charge < -0.3 is 15.7 Å². The van der Waals surface area contributed by atoms with Crippen molar-refractivity contribution in [3.05, 3.63) is 0 Å². The Hall–Kier alpha value is -0.750. The molecule has 1 amide bonds. The highest BCUT2D eigenvalue weighted by molar-refractivity contribution is 8.00. The zero-order valence-corrected chi connectivity index (χ0v) is 9.07. The van der Waals surface area contributed by atoms with Crippen molar-refractivity contribution < 1.29 is 14.7 Å². The van der Waals surface area contributed by atoms with E-state index >= 15 is 0 Å². The number of carbonyl (C=O) groups is 2. The average Bonchev–Trinajstić information content (AvgIpc) is 2.55. The Kier molecular flexibility index (Phi) is 2.88. The molecule has 2 aliphatic heterocycles. The van der Waals surface area contributed by atoms with Crippen molar-refractivity contribution in [3.8, 4) is 0 Å². The van der Waals surface area contributed by atoms with E-state index in [1.165, 1.54) is 0 Å². The van der Waals surface area contributed by atoms with Gasteiger partial charge in [0.25, 0.3) is 0 Å². The van der Waals surface area contributed by atoms with Gasteiger partial charge in [0.2, 0.25) is 5.91 Å². The van der Waals surface area contributed by atoms with Crippen LogP contribution in [0.25, 0.3) is 0 Å². The Balaban J connectivity index is 2.10. The van der Waals surface area contributed by atoms with E-state index in [4.69, 9.17) is 10.8 Å². The van der Waals surface area contributed by atoms with Gasteiger partial charge in [-0.25, -0.2) is 0 Å². The Labute approximate surface area is 92.0 Å². The normalized spacial score (nSPS) is 35.4. The average molecular weight is 230 g/mol. The molecule has 0 aliphatic carbocycles. The molecule has 0 spiro atoms. The fourth-order valence-corrected chi connectivity index (χ4v) is 3.62. The molecule has 84 valence electrons. The minimum atomic E-state index is -0.854. The fourth-order valence-electron chi connectivity index (χ4n) is 2.16. The number of piperidine rings is 1. The number of amides is 1. The summed E-state index contributed by atoms with van der Waals surface area (Å²) in [5.74, 6) is -0.217. The van der Waals surface area contributed by atoms with Gasteiger partial charge in [0.15, 0.2) is 0 Å². The largest absolute Gasteiger partial charge is 0.481 e. The lowest BCUT2D eigenvalue weighted by molar-refractivity contribution is -0.142. The summed E-state index contributed by atoms with van der Waals surface area (Å²) in [5.41, 5.74) is 5.68. The van der Waals surface area contributed by atoms with E-state index in [-0.39, 0.29) is 23.7 Å². The molecule has 2 aliphatic rings. The molecule has 3 unspecified atom stereocenters. The van der Waals surface area contributed by atoms with Gasteiger partial charge in [-0.1, -0.05) is 0 Å². The minimum absolute atomic E-state index is 0.0297. The van der Waals surface area contributed by atoms with Crippen LogP contribution in [0.3, 0.4) is 0 Å². The number of rotatable bonds is 2. The highest BCUT2D eigenvalue weighted by Crippen LogP contribution is 2.37. The number of nitrogens with zero attached hydrogens (tertiary/aromatic N) is 1. The number of carboxylic acid groups (broad SMARTS) is 1. The zero-order valence-electron chi connectivity index (χ0n) is 8.26. The van der Waals surface area contributed by atoms with Gasteiger partial charge in [-0.15, -0.1) is 11.8 Å². The Bertz CT molecular complexity index is 297. The second-order valence-electron chi connectivity index (χ2n) is 3.97. The molecule has 0 radical (unpaired) electrons. The summed E-state index contributed by atoms with van der Waals surface area (Å²) in [6.07, 6.45) is 1.63. The number of nitrogens with two attached hydrogens (primary N) is 1. The SMILES string of the molecule is NC1CCC2SCC(CC(=O)O)N2C1=O. The number of hydrogen-bond donors (Lipinski definition) is 2. The van der Waals surface area contributed by atoms with Crippen molar-refractivity contribution in [2.24, 2.45) is 5.73 Å². The second-order valence-corrected chi connectivity index (χ2v) is 5.18. The van der Waals surface area contributed by atoms with Gasteiger partial charge >= 0.3 is 5.97 Å². The number of carbonyl (C=O) groups excluding carboxylic acids is 1. The maximum absolute atomic E-state index is 11.8. The van der Waals surface area contributed by atoms with Crippen LogP contribution in [0.5, 0.6) is 0 Å². The van der Waals surface area contributed by atoms with E-state index in [2.05, 4.69) is 0 Å². The lowest BCUT2D eigenvalue weighted by Gasteiger charge is -2.35. The predicted octanol–water partition coefficient (Wildman–Crippen LogP) is -0.148. The van der Waals surface area contributed by atoms with Crippen molar-refractivity contribution in [2.75, 3.05) is 5.75 Å². The zero-order chi connectivity index (χ0) is 11.0. The van der Waals surface area contributed by atoms with Gasteiger partial charge in [0.1, 0.15) is 0 Å². The third-order valence-corrected chi connectivity index (χ3v) is 4.32. The van der Waals surface area contributed by atoms with E-state index in [0.29, 0.717) is 6.42 Å². The second kappa shape index (κ2) is 4.02. The molecule has 6 heteroatoms. The van der Waals surface area contributed by atoms with E-state index in [9.17, 15) is 9.59 Å². The lowest BCUT2D eigenvalue weighted by Crippen LogP contribution is -2.53. The van der Waals surface area contributed by atoms with E-state index in [0.717, 1.165) is 12.2 Å². The summed E-state index contributed by atoms with van der Waals surface area (Å²) in [4.78, 5) is 24.1. The molecule has 2 saturated heterocycles. The Morgan fingerprint density at radius 2 is 2.33 bits per heavy atom. The first-order valence-corrected chi connectivity index (χ1v) is 6.05. The minimum Gasteiger partial charge on any atom is -0.481 e.